The Morgan fingerprint density at radius 3 is 2.15 bits per heavy atom. The third-order valence-electron chi connectivity index (χ3n) is 6.18. The van der Waals surface area contributed by atoms with Gasteiger partial charge in [-0.05, 0) is 39.8 Å². The van der Waals surface area contributed by atoms with Gasteiger partial charge < -0.3 is 20.9 Å². The monoisotopic (exact) mass is 366 g/mol. The number of hydrogen-bond acceptors (Lipinski definition) is 3. The van der Waals surface area contributed by atoms with Crippen molar-refractivity contribution in [2.24, 2.45) is 0 Å². The summed E-state index contributed by atoms with van der Waals surface area (Å²) in [6, 6.07) is 0.158. The minimum atomic E-state index is -0.141. The Labute approximate surface area is 158 Å². The van der Waals surface area contributed by atoms with Crippen molar-refractivity contribution >= 4 is 11.9 Å². The molecule has 0 atom stereocenters. The summed E-state index contributed by atoms with van der Waals surface area (Å²) in [4.78, 5) is 26.4. The maximum absolute atomic E-state index is 12.2. The van der Waals surface area contributed by atoms with Crippen molar-refractivity contribution in [2.45, 2.75) is 88.6 Å². The van der Waals surface area contributed by atoms with Crippen LogP contribution in [-0.2, 0) is 4.79 Å². The number of hydrogen-bond donors (Lipinski definition) is 3. The Hall–Kier alpha value is -1.30. The molecule has 0 aromatic carbocycles. The molecule has 2 aliphatic rings. The van der Waals surface area contributed by atoms with Crippen molar-refractivity contribution in [3.63, 3.8) is 0 Å². The molecule has 2 aliphatic carbocycles. The topological polar surface area (TPSA) is 73.5 Å². The lowest BCUT2D eigenvalue weighted by Gasteiger charge is -2.39. The third-order valence-corrected chi connectivity index (χ3v) is 6.18. The first kappa shape index (κ1) is 21.0. The highest BCUT2D eigenvalue weighted by Gasteiger charge is 2.33. The highest BCUT2D eigenvalue weighted by molar-refractivity contribution is 5.78. The fourth-order valence-electron chi connectivity index (χ4n) is 4.29. The summed E-state index contributed by atoms with van der Waals surface area (Å²) in [7, 11) is 4.24. The van der Waals surface area contributed by atoms with Crippen LogP contribution >= 0.6 is 0 Å². The number of urea groups is 1. The molecule has 0 saturated heterocycles. The second-order valence-corrected chi connectivity index (χ2v) is 8.29. The zero-order valence-corrected chi connectivity index (χ0v) is 16.7. The third kappa shape index (κ3) is 6.78. The molecule has 0 heterocycles. The Kier molecular flexibility index (Phi) is 8.69. The molecule has 3 N–H and O–H groups in total. The van der Waals surface area contributed by atoms with E-state index in [0.29, 0.717) is 25.6 Å². The Bertz CT molecular complexity index is 439. The van der Waals surface area contributed by atoms with Gasteiger partial charge in [-0.1, -0.05) is 44.9 Å². The number of carbonyl (C=O) groups is 2. The first-order valence-corrected chi connectivity index (χ1v) is 10.5. The molecule has 6 heteroatoms. The largest absolute Gasteiger partial charge is 0.354 e. The van der Waals surface area contributed by atoms with Crippen LogP contribution in [-0.4, -0.2) is 55.6 Å². The molecule has 2 rings (SSSR count). The van der Waals surface area contributed by atoms with Crippen LogP contribution in [0.25, 0.3) is 0 Å². The minimum Gasteiger partial charge on any atom is -0.354 e. The predicted molar refractivity (Wildman–Crippen MR) is 105 cm³/mol. The molecule has 6 nitrogen and oxygen atoms in total. The molecule has 3 amide bonds. The summed E-state index contributed by atoms with van der Waals surface area (Å²) in [6.07, 6.45) is 13.5. The van der Waals surface area contributed by atoms with Gasteiger partial charge in [0.2, 0.25) is 5.91 Å². The standard InChI is InChI=1S/C20H38N4O2/c1-24(2)20(13-8-3-4-9-14-20)16-22-18(25)12-15-21-19(26)23-17-10-6-5-7-11-17/h17H,3-16H2,1-2H3,(H,22,25)(H2,21,23,26). The number of amides is 3. The molecule has 2 fully saturated rings. The van der Waals surface area contributed by atoms with E-state index < -0.39 is 0 Å². The number of carbonyl (C=O) groups excluding carboxylic acids is 2. The van der Waals surface area contributed by atoms with Crippen LogP contribution in [0, 0.1) is 0 Å². The highest BCUT2D eigenvalue weighted by atomic mass is 16.2. The molecular weight excluding hydrogens is 328 g/mol. The lowest BCUT2D eigenvalue weighted by atomic mass is 9.88. The van der Waals surface area contributed by atoms with E-state index in [4.69, 9.17) is 0 Å². The van der Waals surface area contributed by atoms with Crippen LogP contribution in [0.15, 0.2) is 0 Å². The number of nitrogens with zero attached hydrogens (tertiary/aromatic N) is 1. The van der Waals surface area contributed by atoms with Crippen molar-refractivity contribution in [1.82, 2.24) is 20.9 Å². The van der Waals surface area contributed by atoms with E-state index >= 15 is 0 Å². The normalized spacial score (nSPS) is 21.0. The van der Waals surface area contributed by atoms with Gasteiger partial charge in [-0.3, -0.25) is 4.79 Å². The lowest BCUT2D eigenvalue weighted by molar-refractivity contribution is -0.121. The fraction of sp³-hybridized carbons (Fsp3) is 0.900. The van der Waals surface area contributed by atoms with Crippen LogP contribution < -0.4 is 16.0 Å². The molecule has 0 bridgehead atoms. The van der Waals surface area contributed by atoms with Crippen molar-refractivity contribution in [3.8, 4) is 0 Å². The zero-order valence-electron chi connectivity index (χ0n) is 16.7. The van der Waals surface area contributed by atoms with E-state index in [-0.39, 0.29) is 17.5 Å². The second kappa shape index (κ2) is 10.8. The molecule has 0 unspecified atom stereocenters. The van der Waals surface area contributed by atoms with Crippen LogP contribution in [0.3, 0.4) is 0 Å². The smallest absolute Gasteiger partial charge is 0.315 e. The quantitative estimate of drug-likeness (QED) is 0.607. The van der Waals surface area contributed by atoms with Gasteiger partial charge in [0.25, 0.3) is 0 Å². The first-order valence-electron chi connectivity index (χ1n) is 10.5. The van der Waals surface area contributed by atoms with Crippen molar-refractivity contribution in [1.29, 1.82) is 0 Å². The summed E-state index contributed by atoms with van der Waals surface area (Å²) in [5.74, 6) is 0.0217. The van der Waals surface area contributed by atoms with Gasteiger partial charge in [0.15, 0.2) is 0 Å². The van der Waals surface area contributed by atoms with Crippen LogP contribution in [0.4, 0.5) is 4.79 Å². The van der Waals surface area contributed by atoms with E-state index in [0.717, 1.165) is 25.7 Å². The van der Waals surface area contributed by atoms with Gasteiger partial charge in [0.1, 0.15) is 0 Å². The van der Waals surface area contributed by atoms with Crippen molar-refractivity contribution in [2.75, 3.05) is 27.2 Å². The molecule has 0 spiro atoms. The maximum Gasteiger partial charge on any atom is 0.315 e. The molecule has 150 valence electrons. The van der Waals surface area contributed by atoms with Crippen molar-refractivity contribution in [3.05, 3.63) is 0 Å². The van der Waals surface area contributed by atoms with Gasteiger partial charge in [0, 0.05) is 31.1 Å². The maximum atomic E-state index is 12.2. The van der Waals surface area contributed by atoms with Crippen LogP contribution in [0.1, 0.15) is 77.0 Å². The fourth-order valence-corrected chi connectivity index (χ4v) is 4.29. The molecule has 2 saturated carbocycles. The van der Waals surface area contributed by atoms with Gasteiger partial charge in [-0.2, -0.15) is 0 Å². The Balaban J connectivity index is 1.65. The molecule has 0 aromatic rings. The van der Waals surface area contributed by atoms with E-state index in [1.54, 1.807) is 0 Å². The molecule has 0 radical (unpaired) electrons. The van der Waals surface area contributed by atoms with Gasteiger partial charge in [-0.25, -0.2) is 4.79 Å². The zero-order chi connectivity index (χ0) is 18.8. The highest BCUT2D eigenvalue weighted by Crippen LogP contribution is 2.30. The van der Waals surface area contributed by atoms with Gasteiger partial charge >= 0.3 is 6.03 Å². The van der Waals surface area contributed by atoms with Gasteiger partial charge in [0.05, 0.1) is 0 Å². The van der Waals surface area contributed by atoms with E-state index in [2.05, 4.69) is 34.9 Å². The SMILES string of the molecule is CN(C)C1(CNC(=O)CCNC(=O)NC2CCCCC2)CCCCCC1. The Morgan fingerprint density at radius 1 is 0.923 bits per heavy atom. The second-order valence-electron chi connectivity index (χ2n) is 8.29. The lowest BCUT2D eigenvalue weighted by Crippen LogP contribution is -2.52. The number of rotatable bonds is 7. The van der Waals surface area contributed by atoms with E-state index in [9.17, 15) is 9.59 Å². The summed E-state index contributed by atoms with van der Waals surface area (Å²) >= 11 is 0. The van der Waals surface area contributed by atoms with E-state index in [1.807, 2.05) is 0 Å². The van der Waals surface area contributed by atoms with Crippen LogP contribution in [0.5, 0.6) is 0 Å². The summed E-state index contributed by atoms with van der Waals surface area (Å²) in [5.41, 5.74) is 0.0813. The summed E-state index contributed by atoms with van der Waals surface area (Å²) in [6.45, 7) is 1.09. The molecule has 0 aromatic heterocycles. The molecule has 26 heavy (non-hydrogen) atoms. The predicted octanol–water partition coefficient (Wildman–Crippen LogP) is 2.78. The molecular formula is C20H38N4O2. The minimum absolute atomic E-state index is 0.0217. The average Bonchev–Trinajstić information content (AvgIpc) is 2.87. The van der Waals surface area contributed by atoms with E-state index in [1.165, 1.54) is 44.9 Å². The number of likely N-dealkylation sites (N-methyl/N-ethyl adjacent to an activating group) is 1. The van der Waals surface area contributed by atoms with Gasteiger partial charge in [-0.15, -0.1) is 0 Å². The average molecular weight is 367 g/mol. The summed E-state index contributed by atoms with van der Waals surface area (Å²) in [5, 5.41) is 8.94. The summed E-state index contributed by atoms with van der Waals surface area (Å²) < 4.78 is 0. The molecule has 0 aliphatic heterocycles. The van der Waals surface area contributed by atoms with Crippen molar-refractivity contribution < 1.29 is 9.59 Å². The van der Waals surface area contributed by atoms with Crippen LogP contribution in [0.2, 0.25) is 0 Å². The first-order chi connectivity index (χ1) is 12.5. The Morgan fingerprint density at radius 2 is 1.54 bits per heavy atom. The number of nitrogens with one attached hydrogen (secondary N) is 3.